The van der Waals surface area contributed by atoms with E-state index in [9.17, 15) is 13.6 Å². The Morgan fingerprint density at radius 1 is 1.29 bits per heavy atom. The number of amides is 1. The maximum absolute atomic E-state index is 13.9. The Bertz CT molecular complexity index is 895. The Hall–Kier alpha value is -2.61. The second kappa shape index (κ2) is 5.79. The molecule has 2 aromatic heterocycles. The number of thiophene rings is 1. The van der Waals surface area contributed by atoms with Crippen LogP contribution in [0.25, 0.3) is 10.8 Å². The van der Waals surface area contributed by atoms with Crippen molar-refractivity contribution in [3.63, 3.8) is 0 Å². The largest absolute Gasteiger partial charge is 0.333 e. The van der Waals surface area contributed by atoms with Crippen LogP contribution in [0.3, 0.4) is 0 Å². The van der Waals surface area contributed by atoms with Gasteiger partial charge in [-0.1, -0.05) is 11.2 Å². The zero-order valence-electron chi connectivity index (χ0n) is 12.3. The lowest BCUT2D eigenvalue weighted by molar-refractivity contribution is -0.117. The molecule has 0 N–H and O–H groups in total. The highest BCUT2D eigenvalue weighted by molar-refractivity contribution is 7.13. The van der Waals surface area contributed by atoms with Crippen LogP contribution >= 0.6 is 11.3 Å². The topological polar surface area (TPSA) is 59.2 Å². The van der Waals surface area contributed by atoms with E-state index in [-0.39, 0.29) is 30.5 Å². The predicted octanol–water partition coefficient (Wildman–Crippen LogP) is 3.60. The summed E-state index contributed by atoms with van der Waals surface area (Å²) >= 11 is 1.47. The fourth-order valence-corrected chi connectivity index (χ4v) is 3.35. The summed E-state index contributed by atoms with van der Waals surface area (Å²) in [7, 11) is 0. The maximum Gasteiger partial charge on any atom is 0.267 e. The zero-order chi connectivity index (χ0) is 16.7. The summed E-state index contributed by atoms with van der Waals surface area (Å²) < 4.78 is 32.5. The van der Waals surface area contributed by atoms with Gasteiger partial charge in [0.1, 0.15) is 11.6 Å². The average Bonchev–Trinajstić information content (AvgIpc) is 3.28. The number of carbonyl (C=O) groups is 1. The highest BCUT2D eigenvalue weighted by Gasteiger charge is 2.36. The van der Waals surface area contributed by atoms with Crippen LogP contribution in [0.1, 0.15) is 18.2 Å². The van der Waals surface area contributed by atoms with Gasteiger partial charge >= 0.3 is 0 Å². The van der Waals surface area contributed by atoms with E-state index in [1.807, 2.05) is 17.5 Å². The first kappa shape index (κ1) is 14.9. The smallest absolute Gasteiger partial charge is 0.267 e. The van der Waals surface area contributed by atoms with Crippen LogP contribution in [-0.2, 0) is 4.79 Å². The number of benzene rings is 1. The Morgan fingerprint density at radius 2 is 2.17 bits per heavy atom. The van der Waals surface area contributed by atoms with Crippen LogP contribution in [0.5, 0.6) is 0 Å². The number of aromatic nitrogens is 2. The van der Waals surface area contributed by atoms with Crippen molar-refractivity contribution in [2.45, 2.75) is 12.3 Å². The summed E-state index contributed by atoms with van der Waals surface area (Å²) in [6, 6.07) is 6.77. The molecule has 1 amide bonds. The van der Waals surface area contributed by atoms with Gasteiger partial charge in [-0.15, -0.1) is 11.3 Å². The minimum absolute atomic E-state index is 0.0653. The molecule has 0 saturated carbocycles. The van der Waals surface area contributed by atoms with Crippen LogP contribution in [0.15, 0.2) is 40.2 Å². The molecule has 0 aliphatic carbocycles. The molecule has 1 aromatic carbocycles. The first-order chi connectivity index (χ1) is 11.6. The normalized spacial score (nSPS) is 17.7. The second-order valence-electron chi connectivity index (χ2n) is 5.44. The number of carbonyl (C=O) groups excluding carboxylic acids is 1. The quantitative estimate of drug-likeness (QED) is 0.726. The van der Waals surface area contributed by atoms with Crippen molar-refractivity contribution in [1.29, 1.82) is 0 Å². The second-order valence-corrected chi connectivity index (χ2v) is 6.38. The third kappa shape index (κ3) is 2.58. The molecule has 24 heavy (non-hydrogen) atoms. The molecule has 0 bridgehead atoms. The van der Waals surface area contributed by atoms with Gasteiger partial charge in [-0.3, -0.25) is 4.79 Å². The van der Waals surface area contributed by atoms with Crippen molar-refractivity contribution < 1.29 is 18.1 Å². The van der Waals surface area contributed by atoms with Crippen LogP contribution in [0, 0.1) is 11.6 Å². The Morgan fingerprint density at radius 3 is 2.96 bits per heavy atom. The third-order valence-electron chi connectivity index (χ3n) is 3.86. The highest BCUT2D eigenvalue weighted by atomic mass is 32.1. The van der Waals surface area contributed by atoms with Crippen LogP contribution in [0.4, 0.5) is 14.5 Å². The minimum Gasteiger partial charge on any atom is -0.333 e. The standard InChI is InChI=1S/C16H11F2N3O2S/c17-10-3-4-11(18)12(7-10)21-8-9(6-14(21)22)15-19-16(23-20-15)13-2-1-5-24-13/h1-5,7,9H,6,8H2. The molecule has 3 heterocycles. The van der Waals surface area contributed by atoms with Crippen LogP contribution in [0.2, 0.25) is 0 Å². The molecule has 3 aromatic rings. The summed E-state index contributed by atoms with van der Waals surface area (Å²) in [5, 5.41) is 5.83. The van der Waals surface area contributed by atoms with Crippen molar-refractivity contribution in [2.24, 2.45) is 0 Å². The fourth-order valence-electron chi connectivity index (χ4n) is 2.71. The molecule has 1 aliphatic heterocycles. The van der Waals surface area contributed by atoms with E-state index < -0.39 is 11.6 Å². The minimum atomic E-state index is -0.641. The molecule has 0 radical (unpaired) electrons. The van der Waals surface area contributed by atoms with Crippen molar-refractivity contribution >= 4 is 22.9 Å². The molecule has 1 aliphatic rings. The lowest BCUT2D eigenvalue weighted by atomic mass is 10.1. The maximum atomic E-state index is 13.9. The van der Waals surface area contributed by atoms with Gasteiger partial charge in [0.2, 0.25) is 5.91 Å². The number of rotatable bonds is 3. The van der Waals surface area contributed by atoms with Crippen molar-refractivity contribution in [1.82, 2.24) is 10.1 Å². The molecule has 122 valence electrons. The highest BCUT2D eigenvalue weighted by Crippen LogP contribution is 2.33. The molecule has 1 fully saturated rings. The van der Waals surface area contributed by atoms with Crippen molar-refractivity contribution in [3.8, 4) is 10.8 Å². The van der Waals surface area contributed by atoms with Gasteiger partial charge < -0.3 is 9.42 Å². The molecule has 1 unspecified atom stereocenters. The zero-order valence-corrected chi connectivity index (χ0v) is 13.1. The summed E-state index contributed by atoms with van der Waals surface area (Å²) in [6.07, 6.45) is 0.124. The van der Waals surface area contributed by atoms with E-state index in [0.29, 0.717) is 11.7 Å². The number of halogens is 2. The van der Waals surface area contributed by atoms with Crippen molar-refractivity contribution in [2.75, 3.05) is 11.4 Å². The molecule has 4 rings (SSSR count). The average molecular weight is 347 g/mol. The molecule has 1 atom stereocenters. The lowest BCUT2D eigenvalue weighted by Crippen LogP contribution is -2.25. The monoisotopic (exact) mass is 347 g/mol. The van der Waals surface area contributed by atoms with E-state index in [2.05, 4.69) is 10.1 Å². The van der Waals surface area contributed by atoms with Crippen LogP contribution < -0.4 is 4.90 Å². The number of hydrogen-bond donors (Lipinski definition) is 0. The van der Waals surface area contributed by atoms with E-state index in [1.54, 1.807) is 0 Å². The fraction of sp³-hybridized carbons (Fsp3) is 0.188. The van der Waals surface area contributed by atoms with Gasteiger partial charge in [0, 0.05) is 24.9 Å². The molecule has 0 spiro atoms. The first-order valence-corrected chi connectivity index (χ1v) is 8.12. The van der Waals surface area contributed by atoms with Gasteiger partial charge in [-0.2, -0.15) is 4.98 Å². The Labute approximate surface area is 139 Å². The van der Waals surface area contributed by atoms with Gasteiger partial charge in [0.25, 0.3) is 5.89 Å². The number of anilines is 1. The summed E-state index contributed by atoms with van der Waals surface area (Å²) in [5.41, 5.74) is -0.0653. The molecule has 5 nitrogen and oxygen atoms in total. The number of hydrogen-bond acceptors (Lipinski definition) is 5. The SMILES string of the molecule is O=C1CC(c2noc(-c3cccs3)n2)CN1c1cc(F)ccc1F. The first-order valence-electron chi connectivity index (χ1n) is 7.24. The molecular formula is C16H11F2N3O2S. The van der Waals surface area contributed by atoms with Crippen LogP contribution in [-0.4, -0.2) is 22.6 Å². The van der Waals surface area contributed by atoms with Crippen molar-refractivity contribution in [3.05, 3.63) is 53.2 Å². The molecule has 8 heteroatoms. The summed E-state index contributed by atoms with van der Waals surface area (Å²) in [5.74, 6) is -1.07. The van der Waals surface area contributed by atoms with E-state index in [0.717, 1.165) is 23.1 Å². The van der Waals surface area contributed by atoms with Gasteiger partial charge in [-0.25, -0.2) is 8.78 Å². The number of nitrogens with zero attached hydrogens (tertiary/aromatic N) is 3. The molecule has 1 saturated heterocycles. The Balaban J connectivity index is 1.59. The Kier molecular flexibility index (Phi) is 3.61. The van der Waals surface area contributed by atoms with E-state index in [4.69, 9.17) is 4.52 Å². The van der Waals surface area contributed by atoms with Gasteiger partial charge in [0.15, 0.2) is 5.82 Å². The third-order valence-corrected chi connectivity index (χ3v) is 4.72. The van der Waals surface area contributed by atoms with Gasteiger partial charge in [0.05, 0.1) is 10.6 Å². The summed E-state index contributed by atoms with van der Waals surface area (Å²) in [6.45, 7) is 0.183. The predicted molar refractivity (Wildman–Crippen MR) is 83.7 cm³/mol. The summed E-state index contributed by atoms with van der Waals surface area (Å²) in [4.78, 5) is 18.6. The van der Waals surface area contributed by atoms with Gasteiger partial charge in [-0.05, 0) is 23.6 Å². The molecular weight excluding hydrogens is 336 g/mol. The van der Waals surface area contributed by atoms with E-state index in [1.165, 1.54) is 16.2 Å². The lowest BCUT2D eigenvalue weighted by Gasteiger charge is -2.16. The van der Waals surface area contributed by atoms with E-state index >= 15 is 0 Å².